The highest BCUT2D eigenvalue weighted by atomic mass is 16.1. The third kappa shape index (κ3) is 3.88. The number of nitrogens with zero attached hydrogens (tertiary/aromatic N) is 1. The van der Waals surface area contributed by atoms with Gasteiger partial charge in [-0.3, -0.25) is 9.59 Å². The maximum absolute atomic E-state index is 12.9. The Kier molecular flexibility index (Phi) is 4.89. The summed E-state index contributed by atoms with van der Waals surface area (Å²) in [5, 5.41) is 2.87. The first-order chi connectivity index (χ1) is 15.2. The molecule has 1 heterocycles. The molecule has 1 aliphatic carbocycles. The summed E-state index contributed by atoms with van der Waals surface area (Å²) < 4.78 is 1.75. The molecule has 1 aromatic heterocycles. The topological polar surface area (TPSA) is 50.0 Å². The van der Waals surface area contributed by atoms with Gasteiger partial charge < -0.3 is 5.32 Å². The number of anilines is 1. The van der Waals surface area contributed by atoms with Crippen molar-refractivity contribution in [2.24, 2.45) is 0 Å². The molecular formula is C27H21N2O2+. The van der Waals surface area contributed by atoms with Crippen molar-refractivity contribution in [2.75, 3.05) is 5.32 Å². The summed E-state index contributed by atoms with van der Waals surface area (Å²) in [5.74, 6) is -0.187. The van der Waals surface area contributed by atoms with Crippen LogP contribution in [-0.4, -0.2) is 11.7 Å². The van der Waals surface area contributed by atoms with Crippen LogP contribution in [0, 0.1) is 0 Å². The molecule has 5 rings (SSSR count). The number of carbonyl (C=O) groups excluding carboxylic acids is 2. The van der Waals surface area contributed by atoms with Crippen molar-refractivity contribution in [1.82, 2.24) is 0 Å². The molecular weight excluding hydrogens is 384 g/mol. The molecule has 3 aromatic carbocycles. The number of ketones is 1. The van der Waals surface area contributed by atoms with Gasteiger partial charge in [-0.25, -0.2) is 0 Å². The first-order valence-corrected chi connectivity index (χ1v) is 10.3. The number of amides is 1. The summed E-state index contributed by atoms with van der Waals surface area (Å²) in [5.41, 5.74) is 6.88. The second-order valence-electron chi connectivity index (χ2n) is 7.71. The summed E-state index contributed by atoms with van der Waals surface area (Å²) >= 11 is 0. The van der Waals surface area contributed by atoms with Gasteiger partial charge in [-0.15, -0.1) is 0 Å². The van der Waals surface area contributed by atoms with Crippen molar-refractivity contribution in [2.45, 2.75) is 13.0 Å². The van der Waals surface area contributed by atoms with Gasteiger partial charge >= 0.3 is 0 Å². The normalized spacial score (nSPS) is 11.5. The molecule has 0 spiro atoms. The van der Waals surface area contributed by atoms with E-state index in [0.29, 0.717) is 11.1 Å². The number of pyridine rings is 1. The van der Waals surface area contributed by atoms with Crippen LogP contribution in [0.2, 0.25) is 0 Å². The fourth-order valence-electron chi connectivity index (χ4n) is 4.06. The van der Waals surface area contributed by atoms with E-state index in [-0.39, 0.29) is 18.2 Å². The number of hydrogen-bond acceptors (Lipinski definition) is 2. The maximum atomic E-state index is 12.9. The van der Waals surface area contributed by atoms with E-state index in [2.05, 4.69) is 17.4 Å². The Balaban J connectivity index is 1.32. The van der Waals surface area contributed by atoms with Crippen LogP contribution in [-0.2, 0) is 13.0 Å². The number of fused-ring (bicyclic) bond motifs is 3. The summed E-state index contributed by atoms with van der Waals surface area (Å²) in [6, 6.07) is 27.1. The standard InChI is InChI=1S/C27H20N2O2/c30-26(20-12-13-25-22(16-20)15-19-7-4-5-11-24(19)25)18-29-14-6-8-21(17-29)27(31)28-23-9-2-1-3-10-23/h1-14,16-17H,15,18H2/p+1. The fraction of sp³-hybridized carbons (Fsp3) is 0.0741. The van der Waals surface area contributed by atoms with Crippen LogP contribution >= 0.6 is 0 Å². The minimum Gasteiger partial charge on any atom is -0.322 e. The van der Waals surface area contributed by atoms with Crippen LogP contribution in [0.4, 0.5) is 5.69 Å². The summed E-state index contributed by atoms with van der Waals surface area (Å²) in [6.45, 7) is 0.179. The third-order valence-corrected chi connectivity index (χ3v) is 5.59. The molecule has 0 unspecified atom stereocenters. The van der Waals surface area contributed by atoms with Crippen LogP contribution < -0.4 is 9.88 Å². The number of carbonyl (C=O) groups is 2. The molecule has 0 saturated carbocycles. The summed E-state index contributed by atoms with van der Waals surface area (Å²) in [6.07, 6.45) is 4.37. The molecule has 0 aliphatic heterocycles. The lowest BCUT2D eigenvalue weighted by Gasteiger charge is -2.05. The molecule has 4 aromatic rings. The van der Waals surface area contributed by atoms with Crippen LogP contribution in [0.5, 0.6) is 0 Å². The zero-order chi connectivity index (χ0) is 21.2. The highest BCUT2D eigenvalue weighted by Crippen LogP contribution is 2.36. The third-order valence-electron chi connectivity index (χ3n) is 5.59. The molecule has 31 heavy (non-hydrogen) atoms. The Labute approximate surface area is 180 Å². The first kappa shape index (κ1) is 18.9. The Morgan fingerprint density at radius 3 is 2.42 bits per heavy atom. The van der Waals surface area contributed by atoms with Crippen LogP contribution in [0.25, 0.3) is 11.1 Å². The van der Waals surface area contributed by atoms with E-state index in [9.17, 15) is 9.59 Å². The smallest absolute Gasteiger partial charge is 0.261 e. The quantitative estimate of drug-likeness (QED) is 0.341. The molecule has 150 valence electrons. The van der Waals surface area contributed by atoms with Crippen LogP contribution in [0.1, 0.15) is 31.8 Å². The Morgan fingerprint density at radius 1 is 0.774 bits per heavy atom. The second-order valence-corrected chi connectivity index (χ2v) is 7.71. The van der Waals surface area contributed by atoms with Gasteiger partial charge in [0.05, 0.1) is 0 Å². The van der Waals surface area contributed by atoms with Gasteiger partial charge in [0.1, 0.15) is 5.56 Å². The van der Waals surface area contributed by atoms with E-state index in [4.69, 9.17) is 0 Å². The second kappa shape index (κ2) is 8.00. The highest BCUT2D eigenvalue weighted by molar-refractivity contribution is 6.03. The molecule has 1 aliphatic rings. The average Bonchev–Trinajstić information content (AvgIpc) is 3.18. The molecule has 0 atom stereocenters. The molecule has 4 heteroatoms. The van der Waals surface area contributed by atoms with Crippen LogP contribution in [0.15, 0.2) is 97.3 Å². The van der Waals surface area contributed by atoms with E-state index in [1.165, 1.54) is 22.3 Å². The molecule has 0 fully saturated rings. The molecule has 1 amide bonds. The lowest BCUT2D eigenvalue weighted by atomic mass is 10.0. The number of Topliss-reactive ketones (excluding diaryl/α,β-unsaturated/α-hetero) is 1. The van der Waals surface area contributed by atoms with E-state index in [1.807, 2.05) is 60.7 Å². The zero-order valence-corrected chi connectivity index (χ0v) is 16.9. The number of para-hydroxylation sites is 1. The lowest BCUT2D eigenvalue weighted by molar-refractivity contribution is -0.683. The van der Waals surface area contributed by atoms with Crippen molar-refractivity contribution in [3.8, 4) is 11.1 Å². The summed E-state index contributed by atoms with van der Waals surface area (Å²) in [4.78, 5) is 25.5. The Bertz CT molecular complexity index is 1300. The van der Waals surface area contributed by atoms with Gasteiger partial charge in [0.25, 0.3) is 5.91 Å². The average molecular weight is 405 g/mol. The largest absolute Gasteiger partial charge is 0.322 e. The van der Waals surface area contributed by atoms with Crippen molar-refractivity contribution in [1.29, 1.82) is 0 Å². The van der Waals surface area contributed by atoms with E-state index >= 15 is 0 Å². The van der Waals surface area contributed by atoms with Gasteiger partial charge in [0, 0.05) is 17.3 Å². The minimum absolute atomic E-state index is 0.0179. The van der Waals surface area contributed by atoms with Gasteiger partial charge in [-0.05, 0) is 52.9 Å². The van der Waals surface area contributed by atoms with Gasteiger partial charge in [-0.2, -0.15) is 4.57 Å². The number of rotatable bonds is 5. The van der Waals surface area contributed by atoms with E-state index in [0.717, 1.165) is 12.1 Å². The SMILES string of the molecule is O=C(C[n+]1cccc(C(=O)Nc2ccccc2)c1)c1ccc2c(c1)Cc1ccccc1-2. The number of benzene rings is 3. The van der Waals surface area contributed by atoms with Crippen molar-refractivity contribution in [3.63, 3.8) is 0 Å². The Hall–Kier alpha value is -4.05. The van der Waals surface area contributed by atoms with Gasteiger partial charge in [0.15, 0.2) is 12.4 Å². The zero-order valence-electron chi connectivity index (χ0n) is 16.9. The van der Waals surface area contributed by atoms with Crippen molar-refractivity contribution >= 4 is 17.4 Å². The lowest BCUT2D eigenvalue weighted by Crippen LogP contribution is -2.38. The predicted octanol–water partition coefficient (Wildman–Crippen LogP) is 4.68. The van der Waals surface area contributed by atoms with Crippen LogP contribution in [0.3, 0.4) is 0 Å². The molecule has 0 saturated heterocycles. The minimum atomic E-state index is -0.205. The van der Waals surface area contributed by atoms with Gasteiger partial charge in [-0.1, -0.05) is 54.6 Å². The number of hydrogen-bond donors (Lipinski definition) is 1. The number of nitrogens with one attached hydrogen (secondary N) is 1. The molecule has 4 nitrogen and oxygen atoms in total. The fourth-order valence-corrected chi connectivity index (χ4v) is 4.06. The predicted molar refractivity (Wildman–Crippen MR) is 120 cm³/mol. The van der Waals surface area contributed by atoms with E-state index in [1.54, 1.807) is 29.1 Å². The molecule has 1 N–H and O–H groups in total. The number of aromatic nitrogens is 1. The van der Waals surface area contributed by atoms with Gasteiger partial charge in [0.2, 0.25) is 12.3 Å². The summed E-state index contributed by atoms with van der Waals surface area (Å²) in [7, 11) is 0. The Morgan fingerprint density at radius 2 is 1.55 bits per heavy atom. The highest BCUT2D eigenvalue weighted by Gasteiger charge is 2.21. The van der Waals surface area contributed by atoms with E-state index < -0.39 is 0 Å². The first-order valence-electron chi connectivity index (χ1n) is 10.3. The van der Waals surface area contributed by atoms with Crippen molar-refractivity contribution in [3.05, 3.63) is 120 Å². The molecule has 0 radical (unpaired) electrons. The molecule has 0 bridgehead atoms. The van der Waals surface area contributed by atoms with Crippen molar-refractivity contribution < 1.29 is 14.2 Å². The maximum Gasteiger partial charge on any atom is 0.261 e. The monoisotopic (exact) mass is 405 g/mol.